The van der Waals surface area contributed by atoms with Gasteiger partial charge in [-0.1, -0.05) is 18.2 Å². The average molecular weight is 379 g/mol. The topological polar surface area (TPSA) is 80.2 Å². The molecule has 2 N–H and O–H groups in total. The van der Waals surface area contributed by atoms with E-state index in [1.165, 1.54) is 0 Å². The average Bonchev–Trinajstić information content (AvgIpc) is 3.29. The number of ether oxygens (including phenoxy) is 2. The number of para-hydroxylation sites is 1. The summed E-state index contributed by atoms with van der Waals surface area (Å²) in [6, 6.07) is 13.5. The summed E-state index contributed by atoms with van der Waals surface area (Å²) in [5, 5.41) is 12.7. The smallest absolute Gasteiger partial charge is 0.216 e. The SMILES string of the molecule is COc1ccc(-c2n[nH]c(=S)n2/N=C/c2c[nH]c3ccccc23)c(OC)c1. The minimum Gasteiger partial charge on any atom is -0.497 e. The molecular formula is C19H17N5O2S. The number of nitrogens with one attached hydrogen (secondary N) is 2. The zero-order chi connectivity index (χ0) is 18.8. The predicted octanol–water partition coefficient (Wildman–Crippen LogP) is 3.99. The molecule has 0 bridgehead atoms. The largest absolute Gasteiger partial charge is 0.497 e. The first-order valence-electron chi connectivity index (χ1n) is 8.21. The molecular weight excluding hydrogens is 362 g/mol. The maximum absolute atomic E-state index is 5.48. The Morgan fingerprint density at radius 1 is 1.15 bits per heavy atom. The zero-order valence-electron chi connectivity index (χ0n) is 14.8. The van der Waals surface area contributed by atoms with Gasteiger partial charge in [0, 0.05) is 28.7 Å². The highest BCUT2D eigenvalue weighted by Gasteiger charge is 2.14. The van der Waals surface area contributed by atoms with Gasteiger partial charge in [0.05, 0.1) is 26.0 Å². The lowest BCUT2D eigenvalue weighted by Crippen LogP contribution is -1.97. The third kappa shape index (κ3) is 3.11. The van der Waals surface area contributed by atoms with Crippen LogP contribution in [0.4, 0.5) is 0 Å². The second kappa shape index (κ2) is 7.08. The first-order valence-corrected chi connectivity index (χ1v) is 8.62. The molecule has 0 saturated heterocycles. The molecule has 2 aromatic heterocycles. The van der Waals surface area contributed by atoms with Crippen molar-refractivity contribution in [2.45, 2.75) is 0 Å². The first-order chi connectivity index (χ1) is 13.2. The Hall–Kier alpha value is -3.39. The summed E-state index contributed by atoms with van der Waals surface area (Å²) in [6.45, 7) is 0. The van der Waals surface area contributed by atoms with Crippen molar-refractivity contribution in [2.75, 3.05) is 14.2 Å². The Balaban J connectivity index is 1.78. The normalized spacial score (nSPS) is 11.3. The lowest BCUT2D eigenvalue weighted by atomic mass is 10.2. The van der Waals surface area contributed by atoms with Gasteiger partial charge in [-0.3, -0.25) is 0 Å². The zero-order valence-corrected chi connectivity index (χ0v) is 15.6. The van der Waals surface area contributed by atoms with Gasteiger partial charge < -0.3 is 14.5 Å². The molecule has 2 aromatic carbocycles. The lowest BCUT2D eigenvalue weighted by molar-refractivity contribution is 0.395. The monoisotopic (exact) mass is 379 g/mol. The molecule has 0 fully saturated rings. The van der Waals surface area contributed by atoms with Crippen LogP contribution in [0.15, 0.2) is 53.8 Å². The van der Waals surface area contributed by atoms with Gasteiger partial charge in [-0.05, 0) is 30.4 Å². The number of aromatic nitrogens is 4. The van der Waals surface area contributed by atoms with Crippen LogP contribution in [0.3, 0.4) is 0 Å². The van der Waals surface area contributed by atoms with E-state index < -0.39 is 0 Å². The summed E-state index contributed by atoms with van der Waals surface area (Å²) in [6.07, 6.45) is 3.66. The highest BCUT2D eigenvalue weighted by molar-refractivity contribution is 7.71. The number of H-pyrrole nitrogens is 2. The lowest BCUT2D eigenvalue weighted by Gasteiger charge is -2.09. The van der Waals surface area contributed by atoms with E-state index in [2.05, 4.69) is 20.3 Å². The van der Waals surface area contributed by atoms with Crippen LogP contribution in [-0.4, -0.2) is 40.3 Å². The van der Waals surface area contributed by atoms with Crippen molar-refractivity contribution in [3.8, 4) is 22.9 Å². The van der Waals surface area contributed by atoms with Gasteiger partial charge in [0.25, 0.3) is 0 Å². The molecule has 0 saturated carbocycles. The van der Waals surface area contributed by atoms with Crippen LogP contribution < -0.4 is 9.47 Å². The summed E-state index contributed by atoms with van der Waals surface area (Å²) < 4.78 is 12.7. The number of nitrogens with zero attached hydrogens (tertiary/aromatic N) is 3. The summed E-state index contributed by atoms with van der Waals surface area (Å²) in [7, 11) is 3.20. The van der Waals surface area contributed by atoms with Gasteiger partial charge in [0.2, 0.25) is 4.77 Å². The Kier molecular flexibility index (Phi) is 4.47. The number of hydrogen-bond donors (Lipinski definition) is 2. The number of methoxy groups -OCH3 is 2. The summed E-state index contributed by atoms with van der Waals surface area (Å²) in [5.74, 6) is 1.86. The summed E-state index contributed by atoms with van der Waals surface area (Å²) in [4.78, 5) is 3.23. The van der Waals surface area contributed by atoms with Crippen molar-refractivity contribution >= 4 is 29.3 Å². The maximum Gasteiger partial charge on any atom is 0.216 e. The van der Waals surface area contributed by atoms with Crippen molar-refractivity contribution in [3.05, 3.63) is 59.0 Å². The summed E-state index contributed by atoms with van der Waals surface area (Å²) >= 11 is 5.35. The standard InChI is InChI=1S/C19H17N5O2S/c1-25-13-7-8-15(17(9-13)26-2)18-22-23-19(27)24(18)21-11-12-10-20-16-6-4-3-5-14(12)16/h3-11,20H,1-2H3,(H,23,27)/b21-11+. The Bertz CT molecular complexity index is 1190. The van der Waals surface area contributed by atoms with E-state index in [1.807, 2.05) is 42.6 Å². The number of aromatic amines is 2. The molecule has 0 aliphatic heterocycles. The van der Waals surface area contributed by atoms with Crippen LogP contribution in [0.2, 0.25) is 0 Å². The molecule has 0 spiro atoms. The number of rotatable bonds is 5. The van der Waals surface area contributed by atoms with Crippen molar-refractivity contribution in [1.82, 2.24) is 19.9 Å². The predicted molar refractivity (Wildman–Crippen MR) is 107 cm³/mol. The number of hydrogen-bond acceptors (Lipinski definition) is 5. The fourth-order valence-corrected chi connectivity index (χ4v) is 3.06. The molecule has 27 heavy (non-hydrogen) atoms. The van der Waals surface area contributed by atoms with Crippen LogP contribution in [0.1, 0.15) is 5.56 Å². The van der Waals surface area contributed by atoms with Crippen LogP contribution in [0.5, 0.6) is 11.5 Å². The third-order valence-electron chi connectivity index (χ3n) is 4.23. The van der Waals surface area contributed by atoms with Gasteiger partial charge in [-0.2, -0.15) is 14.9 Å². The van der Waals surface area contributed by atoms with Crippen LogP contribution in [-0.2, 0) is 0 Å². The Morgan fingerprint density at radius 2 is 2.00 bits per heavy atom. The quantitative estimate of drug-likeness (QED) is 0.406. The Labute approximate surface area is 160 Å². The first kappa shape index (κ1) is 17.0. The minimum absolute atomic E-state index is 0.388. The van der Waals surface area contributed by atoms with Crippen molar-refractivity contribution < 1.29 is 9.47 Å². The number of benzene rings is 2. The molecule has 0 aliphatic carbocycles. The van der Waals surface area contributed by atoms with Crippen molar-refractivity contribution in [1.29, 1.82) is 0 Å². The fourth-order valence-electron chi connectivity index (χ4n) is 2.88. The van der Waals surface area contributed by atoms with Crippen LogP contribution in [0, 0.1) is 4.77 Å². The molecule has 4 aromatic rings. The molecule has 0 radical (unpaired) electrons. The molecule has 8 heteroatoms. The van der Waals surface area contributed by atoms with Gasteiger partial charge in [0.1, 0.15) is 11.5 Å². The van der Waals surface area contributed by atoms with Gasteiger partial charge >= 0.3 is 0 Å². The van der Waals surface area contributed by atoms with E-state index in [4.69, 9.17) is 21.7 Å². The van der Waals surface area contributed by atoms with Gasteiger partial charge in [-0.25, -0.2) is 5.10 Å². The minimum atomic E-state index is 0.388. The summed E-state index contributed by atoms with van der Waals surface area (Å²) in [5.41, 5.74) is 2.76. The second-order valence-electron chi connectivity index (χ2n) is 5.76. The molecule has 136 valence electrons. The van der Waals surface area contributed by atoms with E-state index in [0.717, 1.165) is 22.0 Å². The molecule has 4 rings (SSSR count). The van der Waals surface area contributed by atoms with E-state index in [0.29, 0.717) is 22.1 Å². The fraction of sp³-hybridized carbons (Fsp3) is 0.105. The molecule has 0 amide bonds. The molecule has 0 unspecified atom stereocenters. The Morgan fingerprint density at radius 3 is 2.81 bits per heavy atom. The molecule has 2 heterocycles. The van der Waals surface area contributed by atoms with E-state index in [-0.39, 0.29) is 0 Å². The van der Waals surface area contributed by atoms with Crippen LogP contribution >= 0.6 is 12.2 Å². The molecule has 0 aliphatic rings. The van der Waals surface area contributed by atoms with E-state index in [1.54, 1.807) is 31.2 Å². The van der Waals surface area contributed by atoms with Crippen molar-refractivity contribution in [3.63, 3.8) is 0 Å². The van der Waals surface area contributed by atoms with Crippen molar-refractivity contribution in [2.24, 2.45) is 5.10 Å². The molecule has 7 nitrogen and oxygen atoms in total. The highest BCUT2D eigenvalue weighted by Crippen LogP contribution is 2.32. The molecule has 0 atom stereocenters. The van der Waals surface area contributed by atoms with Crippen LogP contribution in [0.25, 0.3) is 22.3 Å². The maximum atomic E-state index is 5.48. The van der Waals surface area contributed by atoms with Gasteiger partial charge in [-0.15, -0.1) is 0 Å². The van der Waals surface area contributed by atoms with Gasteiger partial charge in [0.15, 0.2) is 5.82 Å². The van der Waals surface area contributed by atoms with E-state index in [9.17, 15) is 0 Å². The number of fused-ring (bicyclic) bond motifs is 1. The highest BCUT2D eigenvalue weighted by atomic mass is 32.1. The van der Waals surface area contributed by atoms with E-state index >= 15 is 0 Å². The second-order valence-corrected chi connectivity index (χ2v) is 6.15. The third-order valence-corrected chi connectivity index (χ3v) is 4.50.